The highest BCUT2D eigenvalue weighted by atomic mass is 16.4. The van der Waals surface area contributed by atoms with E-state index in [9.17, 15) is 14.7 Å². The standard InChI is InChI=1S/C18H23NO3/c20-17-15-10-6-5-9-14(15)12-19(17)16(18(21)22)11-13-7-3-1-2-4-8-13/h5-6,9-10,13,16H,1-4,7-8,11-12H2,(H,21,22). The summed E-state index contributed by atoms with van der Waals surface area (Å²) < 4.78 is 0. The van der Waals surface area contributed by atoms with Gasteiger partial charge in [-0.2, -0.15) is 0 Å². The highest BCUT2D eigenvalue weighted by Crippen LogP contribution is 2.31. The van der Waals surface area contributed by atoms with Crippen LogP contribution < -0.4 is 0 Å². The highest BCUT2D eigenvalue weighted by Gasteiger charge is 2.37. The summed E-state index contributed by atoms with van der Waals surface area (Å²) in [6.45, 7) is 0.429. The number of carbonyl (C=O) groups excluding carboxylic acids is 1. The van der Waals surface area contributed by atoms with Gasteiger partial charge in [-0.1, -0.05) is 56.7 Å². The van der Waals surface area contributed by atoms with Crippen molar-refractivity contribution in [2.24, 2.45) is 5.92 Å². The molecular formula is C18H23NO3. The van der Waals surface area contributed by atoms with Crippen molar-refractivity contribution >= 4 is 11.9 Å². The molecular weight excluding hydrogens is 278 g/mol. The zero-order chi connectivity index (χ0) is 15.5. The lowest BCUT2D eigenvalue weighted by Gasteiger charge is -2.27. The molecule has 4 heteroatoms. The van der Waals surface area contributed by atoms with Gasteiger partial charge >= 0.3 is 5.97 Å². The van der Waals surface area contributed by atoms with Crippen molar-refractivity contribution in [3.8, 4) is 0 Å². The molecule has 1 aliphatic carbocycles. The first-order valence-corrected chi connectivity index (χ1v) is 8.28. The van der Waals surface area contributed by atoms with Gasteiger partial charge in [0.05, 0.1) is 0 Å². The predicted octanol–water partition coefficient (Wildman–Crippen LogP) is 3.46. The molecule has 0 radical (unpaired) electrons. The zero-order valence-electron chi connectivity index (χ0n) is 12.8. The third-order valence-corrected chi connectivity index (χ3v) is 5.04. The second kappa shape index (κ2) is 6.51. The zero-order valence-corrected chi connectivity index (χ0v) is 12.8. The van der Waals surface area contributed by atoms with Crippen molar-refractivity contribution in [3.63, 3.8) is 0 Å². The van der Waals surface area contributed by atoms with Gasteiger partial charge in [-0.25, -0.2) is 4.79 Å². The molecule has 1 fully saturated rings. The number of hydrogen-bond acceptors (Lipinski definition) is 2. The maximum absolute atomic E-state index is 12.5. The Bertz CT molecular complexity index is 561. The number of carboxylic acid groups (broad SMARTS) is 1. The van der Waals surface area contributed by atoms with Crippen LogP contribution in [0.1, 0.15) is 60.9 Å². The van der Waals surface area contributed by atoms with Gasteiger partial charge in [-0.15, -0.1) is 0 Å². The Kier molecular flexibility index (Phi) is 4.46. The van der Waals surface area contributed by atoms with Crippen LogP contribution in [-0.2, 0) is 11.3 Å². The Morgan fingerprint density at radius 1 is 1.18 bits per heavy atom. The first kappa shape index (κ1) is 15.1. The molecule has 22 heavy (non-hydrogen) atoms. The van der Waals surface area contributed by atoms with E-state index >= 15 is 0 Å². The van der Waals surface area contributed by atoms with Gasteiger partial charge in [0.1, 0.15) is 6.04 Å². The molecule has 1 aromatic carbocycles. The van der Waals surface area contributed by atoms with Crippen LogP contribution >= 0.6 is 0 Å². The smallest absolute Gasteiger partial charge is 0.326 e. The Morgan fingerprint density at radius 3 is 2.50 bits per heavy atom. The molecule has 4 nitrogen and oxygen atoms in total. The normalized spacial score (nSPS) is 20.5. The molecule has 1 amide bonds. The quantitative estimate of drug-likeness (QED) is 0.866. The summed E-state index contributed by atoms with van der Waals surface area (Å²) in [4.78, 5) is 25.8. The maximum Gasteiger partial charge on any atom is 0.326 e. The van der Waals surface area contributed by atoms with Crippen molar-refractivity contribution in [2.45, 2.75) is 57.5 Å². The summed E-state index contributed by atoms with van der Waals surface area (Å²) in [7, 11) is 0. The molecule has 2 aliphatic rings. The van der Waals surface area contributed by atoms with Crippen molar-refractivity contribution in [1.82, 2.24) is 4.90 Å². The average molecular weight is 301 g/mol. The fourth-order valence-corrected chi connectivity index (χ4v) is 3.81. The van der Waals surface area contributed by atoms with Crippen molar-refractivity contribution in [3.05, 3.63) is 35.4 Å². The van der Waals surface area contributed by atoms with Crippen LogP contribution in [0.15, 0.2) is 24.3 Å². The van der Waals surface area contributed by atoms with Gasteiger partial charge in [-0.3, -0.25) is 4.79 Å². The van der Waals surface area contributed by atoms with Gasteiger partial charge in [0, 0.05) is 12.1 Å². The summed E-state index contributed by atoms with van der Waals surface area (Å²) in [5, 5.41) is 9.64. The minimum absolute atomic E-state index is 0.128. The molecule has 1 atom stereocenters. The molecule has 3 rings (SSSR count). The number of rotatable bonds is 4. The molecule has 0 spiro atoms. The summed E-state index contributed by atoms with van der Waals surface area (Å²) in [5.74, 6) is -0.567. The molecule has 0 saturated heterocycles. The topological polar surface area (TPSA) is 57.6 Å². The number of aliphatic carboxylic acids is 1. The minimum Gasteiger partial charge on any atom is -0.480 e. The molecule has 1 N–H and O–H groups in total. The summed E-state index contributed by atoms with van der Waals surface area (Å²) >= 11 is 0. The van der Waals surface area contributed by atoms with E-state index in [4.69, 9.17) is 0 Å². The average Bonchev–Trinajstić information content (AvgIpc) is 2.69. The Labute approximate surface area is 131 Å². The molecule has 1 heterocycles. The lowest BCUT2D eigenvalue weighted by atomic mass is 9.92. The maximum atomic E-state index is 12.5. The third kappa shape index (κ3) is 3.01. The predicted molar refractivity (Wildman–Crippen MR) is 83.5 cm³/mol. The third-order valence-electron chi connectivity index (χ3n) is 5.04. The van der Waals surface area contributed by atoms with Crippen LogP contribution in [0.5, 0.6) is 0 Å². The van der Waals surface area contributed by atoms with E-state index in [1.807, 2.05) is 18.2 Å². The van der Waals surface area contributed by atoms with E-state index in [0.717, 1.165) is 18.4 Å². The fourth-order valence-electron chi connectivity index (χ4n) is 3.81. The largest absolute Gasteiger partial charge is 0.480 e. The minimum atomic E-state index is -0.870. The van der Waals surface area contributed by atoms with Crippen LogP contribution in [0.3, 0.4) is 0 Å². The van der Waals surface area contributed by atoms with E-state index < -0.39 is 12.0 Å². The second-order valence-electron chi connectivity index (χ2n) is 6.54. The van der Waals surface area contributed by atoms with Gasteiger partial charge < -0.3 is 10.0 Å². The first-order chi connectivity index (χ1) is 10.7. The van der Waals surface area contributed by atoms with Gasteiger partial charge in [-0.05, 0) is 24.0 Å². The molecule has 1 unspecified atom stereocenters. The van der Waals surface area contributed by atoms with E-state index in [1.54, 1.807) is 11.0 Å². The molecule has 1 aromatic rings. The Hall–Kier alpha value is -1.84. The molecule has 1 saturated carbocycles. The van der Waals surface area contributed by atoms with Crippen LogP contribution in [-0.4, -0.2) is 27.9 Å². The SMILES string of the molecule is O=C(O)C(CC1CCCCCC1)N1Cc2ccccc2C1=O. The number of fused-ring (bicyclic) bond motifs is 1. The van der Waals surface area contributed by atoms with Gasteiger partial charge in [0.2, 0.25) is 0 Å². The number of nitrogens with zero attached hydrogens (tertiary/aromatic N) is 1. The Balaban J connectivity index is 1.75. The van der Waals surface area contributed by atoms with E-state index in [1.165, 1.54) is 25.7 Å². The fraction of sp³-hybridized carbons (Fsp3) is 0.556. The second-order valence-corrected chi connectivity index (χ2v) is 6.54. The van der Waals surface area contributed by atoms with Crippen molar-refractivity contribution in [1.29, 1.82) is 0 Å². The summed E-state index contributed by atoms with van der Waals surface area (Å²) in [5.41, 5.74) is 1.61. The Morgan fingerprint density at radius 2 is 1.86 bits per heavy atom. The van der Waals surface area contributed by atoms with Crippen molar-refractivity contribution < 1.29 is 14.7 Å². The van der Waals surface area contributed by atoms with E-state index in [2.05, 4.69) is 0 Å². The monoisotopic (exact) mass is 301 g/mol. The van der Waals surface area contributed by atoms with Crippen LogP contribution in [0.2, 0.25) is 0 Å². The van der Waals surface area contributed by atoms with Crippen LogP contribution in [0, 0.1) is 5.92 Å². The van der Waals surface area contributed by atoms with Crippen LogP contribution in [0.25, 0.3) is 0 Å². The lowest BCUT2D eigenvalue weighted by Crippen LogP contribution is -2.42. The lowest BCUT2D eigenvalue weighted by molar-refractivity contribution is -0.143. The summed E-state index contributed by atoms with van der Waals surface area (Å²) in [6.07, 6.45) is 7.66. The summed E-state index contributed by atoms with van der Waals surface area (Å²) in [6, 6.07) is 6.75. The van der Waals surface area contributed by atoms with Crippen LogP contribution in [0.4, 0.5) is 0 Å². The molecule has 0 bridgehead atoms. The van der Waals surface area contributed by atoms with E-state index in [0.29, 0.717) is 24.4 Å². The van der Waals surface area contributed by atoms with Crippen molar-refractivity contribution in [2.75, 3.05) is 0 Å². The van der Waals surface area contributed by atoms with Gasteiger partial charge in [0.15, 0.2) is 0 Å². The highest BCUT2D eigenvalue weighted by molar-refractivity contribution is 6.00. The molecule has 1 aliphatic heterocycles. The molecule has 0 aromatic heterocycles. The number of benzene rings is 1. The first-order valence-electron chi connectivity index (χ1n) is 8.28. The number of carboxylic acids is 1. The van der Waals surface area contributed by atoms with Gasteiger partial charge in [0.25, 0.3) is 5.91 Å². The number of hydrogen-bond donors (Lipinski definition) is 1. The van der Waals surface area contributed by atoms with E-state index in [-0.39, 0.29) is 5.91 Å². The number of carbonyl (C=O) groups is 2. The molecule has 118 valence electrons. The number of amides is 1.